The van der Waals surface area contributed by atoms with Gasteiger partial charge in [-0.05, 0) is 38.1 Å². The number of rotatable bonds is 6. The number of aryl methyl sites for hydroxylation is 1. The molecule has 0 bridgehead atoms. The van der Waals surface area contributed by atoms with Gasteiger partial charge in [-0.1, -0.05) is 60.2 Å². The average molecular weight is 375 g/mol. The molecule has 0 spiro atoms. The SMILES string of the molecule is Cc1ccc(SC(C)C(=O)Nc2ccccc2C(=O)c2ccccc2)cc1. The first-order valence-corrected chi connectivity index (χ1v) is 9.65. The van der Waals surface area contributed by atoms with E-state index in [1.54, 1.807) is 30.3 Å². The van der Waals surface area contributed by atoms with E-state index < -0.39 is 0 Å². The van der Waals surface area contributed by atoms with Crippen LogP contribution in [0.1, 0.15) is 28.4 Å². The van der Waals surface area contributed by atoms with Gasteiger partial charge in [0.25, 0.3) is 0 Å². The van der Waals surface area contributed by atoms with Crippen LogP contribution in [0.15, 0.2) is 83.8 Å². The van der Waals surface area contributed by atoms with E-state index in [1.165, 1.54) is 17.3 Å². The Balaban J connectivity index is 1.74. The molecule has 1 unspecified atom stereocenters. The Morgan fingerprint density at radius 1 is 0.852 bits per heavy atom. The molecule has 1 atom stereocenters. The van der Waals surface area contributed by atoms with Crippen molar-refractivity contribution in [2.75, 3.05) is 5.32 Å². The number of amides is 1. The summed E-state index contributed by atoms with van der Waals surface area (Å²) in [5.74, 6) is -0.237. The molecule has 0 heterocycles. The van der Waals surface area contributed by atoms with Crippen LogP contribution in [-0.2, 0) is 4.79 Å². The van der Waals surface area contributed by atoms with Crippen molar-refractivity contribution in [3.63, 3.8) is 0 Å². The van der Waals surface area contributed by atoms with Gasteiger partial charge in [-0.3, -0.25) is 9.59 Å². The standard InChI is InChI=1S/C23H21NO2S/c1-16-12-14-19(15-13-16)27-17(2)23(26)24-21-11-7-6-10-20(21)22(25)18-8-4-3-5-9-18/h3-15,17H,1-2H3,(H,24,26). The predicted octanol–water partition coefficient (Wildman–Crippen LogP) is 5.35. The first-order valence-electron chi connectivity index (χ1n) is 8.77. The molecule has 3 aromatic rings. The molecule has 0 radical (unpaired) electrons. The van der Waals surface area contributed by atoms with Gasteiger partial charge >= 0.3 is 0 Å². The lowest BCUT2D eigenvalue weighted by Gasteiger charge is -2.14. The van der Waals surface area contributed by atoms with Crippen LogP contribution in [0, 0.1) is 6.92 Å². The molecule has 4 heteroatoms. The second kappa shape index (κ2) is 8.69. The number of carbonyl (C=O) groups is 2. The molecule has 3 aromatic carbocycles. The second-order valence-electron chi connectivity index (χ2n) is 6.30. The van der Waals surface area contributed by atoms with Crippen LogP contribution in [0.4, 0.5) is 5.69 Å². The number of anilines is 1. The second-order valence-corrected chi connectivity index (χ2v) is 7.72. The summed E-state index contributed by atoms with van der Waals surface area (Å²) in [5.41, 5.74) is 2.81. The number of hydrogen-bond donors (Lipinski definition) is 1. The summed E-state index contributed by atoms with van der Waals surface area (Å²) in [5, 5.41) is 2.63. The molecular weight excluding hydrogens is 354 g/mol. The van der Waals surface area contributed by atoms with E-state index in [0.717, 1.165) is 4.90 Å². The maximum absolute atomic E-state index is 12.8. The van der Waals surface area contributed by atoms with Crippen molar-refractivity contribution in [2.45, 2.75) is 24.0 Å². The van der Waals surface area contributed by atoms with E-state index in [-0.39, 0.29) is 16.9 Å². The summed E-state index contributed by atoms with van der Waals surface area (Å²) < 4.78 is 0. The maximum Gasteiger partial charge on any atom is 0.237 e. The molecule has 0 aliphatic heterocycles. The van der Waals surface area contributed by atoms with Crippen molar-refractivity contribution in [1.29, 1.82) is 0 Å². The maximum atomic E-state index is 12.8. The van der Waals surface area contributed by atoms with Crippen molar-refractivity contribution >= 4 is 29.1 Å². The molecular formula is C23H21NO2S. The van der Waals surface area contributed by atoms with Crippen molar-refractivity contribution < 1.29 is 9.59 Å². The zero-order valence-electron chi connectivity index (χ0n) is 15.3. The van der Waals surface area contributed by atoms with Gasteiger partial charge in [0, 0.05) is 16.0 Å². The Morgan fingerprint density at radius 2 is 1.48 bits per heavy atom. The van der Waals surface area contributed by atoms with Crippen molar-refractivity contribution in [3.8, 4) is 0 Å². The summed E-state index contributed by atoms with van der Waals surface area (Å²) in [4.78, 5) is 26.5. The van der Waals surface area contributed by atoms with E-state index in [9.17, 15) is 9.59 Å². The zero-order chi connectivity index (χ0) is 19.2. The Morgan fingerprint density at radius 3 is 2.19 bits per heavy atom. The van der Waals surface area contributed by atoms with E-state index in [2.05, 4.69) is 5.32 Å². The summed E-state index contributed by atoms with van der Waals surface area (Å²) in [6, 6.07) is 24.3. The van der Waals surface area contributed by atoms with E-state index >= 15 is 0 Å². The highest BCUT2D eigenvalue weighted by molar-refractivity contribution is 8.00. The Bertz CT molecular complexity index is 936. The molecule has 0 saturated heterocycles. The molecule has 0 saturated carbocycles. The van der Waals surface area contributed by atoms with Crippen LogP contribution >= 0.6 is 11.8 Å². The number of hydrogen-bond acceptors (Lipinski definition) is 3. The van der Waals surface area contributed by atoms with Gasteiger partial charge in [0.15, 0.2) is 5.78 Å². The molecule has 3 rings (SSSR count). The van der Waals surface area contributed by atoms with Crippen LogP contribution in [0.25, 0.3) is 0 Å². The molecule has 0 aliphatic rings. The third-order valence-electron chi connectivity index (χ3n) is 4.17. The van der Waals surface area contributed by atoms with Crippen molar-refractivity contribution in [1.82, 2.24) is 0 Å². The number of ketones is 1. The minimum Gasteiger partial charge on any atom is -0.324 e. The van der Waals surface area contributed by atoms with Crippen LogP contribution in [0.3, 0.4) is 0 Å². The summed E-state index contributed by atoms with van der Waals surface area (Å²) in [6.07, 6.45) is 0. The molecule has 27 heavy (non-hydrogen) atoms. The fourth-order valence-corrected chi connectivity index (χ4v) is 3.51. The molecule has 0 aliphatic carbocycles. The minimum absolute atomic E-state index is 0.106. The summed E-state index contributed by atoms with van der Waals surface area (Å²) in [7, 11) is 0. The van der Waals surface area contributed by atoms with Gasteiger partial charge in [0.2, 0.25) is 5.91 Å². The van der Waals surface area contributed by atoms with Gasteiger partial charge < -0.3 is 5.32 Å². The molecule has 3 nitrogen and oxygen atoms in total. The largest absolute Gasteiger partial charge is 0.324 e. The molecule has 0 aromatic heterocycles. The number of para-hydroxylation sites is 1. The van der Waals surface area contributed by atoms with Gasteiger partial charge in [0.05, 0.1) is 10.9 Å². The first-order chi connectivity index (χ1) is 13.0. The molecule has 0 fully saturated rings. The Labute approximate surface area is 163 Å². The third kappa shape index (κ3) is 4.86. The predicted molar refractivity (Wildman–Crippen MR) is 111 cm³/mol. The van der Waals surface area contributed by atoms with Gasteiger partial charge in [0.1, 0.15) is 0 Å². The number of carbonyl (C=O) groups excluding carboxylic acids is 2. The van der Waals surface area contributed by atoms with Crippen molar-refractivity contribution in [2.24, 2.45) is 0 Å². The van der Waals surface area contributed by atoms with Crippen LogP contribution in [0.5, 0.6) is 0 Å². The first kappa shape index (κ1) is 18.9. The van der Waals surface area contributed by atoms with Gasteiger partial charge in [-0.15, -0.1) is 11.8 Å². The topological polar surface area (TPSA) is 46.2 Å². The fraction of sp³-hybridized carbons (Fsp3) is 0.130. The highest BCUT2D eigenvalue weighted by atomic mass is 32.2. The van der Waals surface area contributed by atoms with Crippen LogP contribution < -0.4 is 5.32 Å². The highest BCUT2D eigenvalue weighted by Gasteiger charge is 2.18. The van der Waals surface area contributed by atoms with E-state index in [1.807, 2.05) is 62.4 Å². The Hall–Kier alpha value is -2.85. The highest BCUT2D eigenvalue weighted by Crippen LogP contribution is 2.26. The molecule has 136 valence electrons. The number of thioether (sulfide) groups is 1. The lowest BCUT2D eigenvalue weighted by Crippen LogP contribution is -2.23. The summed E-state index contributed by atoms with van der Waals surface area (Å²) >= 11 is 1.49. The van der Waals surface area contributed by atoms with Crippen LogP contribution in [-0.4, -0.2) is 16.9 Å². The van der Waals surface area contributed by atoms with Gasteiger partial charge in [-0.25, -0.2) is 0 Å². The minimum atomic E-state index is -0.285. The average Bonchev–Trinajstić information content (AvgIpc) is 2.70. The lowest BCUT2D eigenvalue weighted by molar-refractivity contribution is -0.115. The van der Waals surface area contributed by atoms with E-state index in [4.69, 9.17) is 0 Å². The van der Waals surface area contributed by atoms with Crippen molar-refractivity contribution in [3.05, 3.63) is 95.6 Å². The van der Waals surface area contributed by atoms with E-state index in [0.29, 0.717) is 16.8 Å². The smallest absolute Gasteiger partial charge is 0.237 e. The fourth-order valence-electron chi connectivity index (χ4n) is 2.64. The number of nitrogens with one attached hydrogen (secondary N) is 1. The third-order valence-corrected chi connectivity index (χ3v) is 5.28. The quantitative estimate of drug-likeness (QED) is 0.467. The van der Waals surface area contributed by atoms with Gasteiger partial charge in [-0.2, -0.15) is 0 Å². The van der Waals surface area contributed by atoms with Crippen LogP contribution in [0.2, 0.25) is 0 Å². The Kier molecular flexibility index (Phi) is 6.09. The zero-order valence-corrected chi connectivity index (χ0v) is 16.1. The lowest BCUT2D eigenvalue weighted by atomic mass is 10.0. The monoisotopic (exact) mass is 375 g/mol. The molecule has 1 amide bonds. The number of benzene rings is 3. The molecule has 1 N–H and O–H groups in total. The summed E-state index contributed by atoms with van der Waals surface area (Å²) in [6.45, 7) is 3.90. The normalized spacial score (nSPS) is 11.6.